The van der Waals surface area contributed by atoms with Crippen LogP contribution in [-0.4, -0.2) is 42.7 Å². The number of benzene rings is 2. The maximum atomic E-state index is 12.8. The summed E-state index contributed by atoms with van der Waals surface area (Å²) in [7, 11) is -1.56. The highest BCUT2D eigenvalue weighted by Crippen LogP contribution is 2.31. The Morgan fingerprint density at radius 2 is 2.00 bits per heavy atom. The van der Waals surface area contributed by atoms with Gasteiger partial charge < -0.3 is 10.1 Å². The first kappa shape index (κ1) is 20.6. The van der Waals surface area contributed by atoms with Crippen molar-refractivity contribution in [3.8, 4) is 23.1 Å². The molecule has 31 heavy (non-hydrogen) atoms. The molecule has 0 unspecified atom stereocenters. The number of hydrogen-bond donors (Lipinski definition) is 1. The summed E-state index contributed by atoms with van der Waals surface area (Å²) in [6.07, 6.45) is 0.443. The Morgan fingerprint density at radius 3 is 2.65 bits per heavy atom. The molecule has 0 saturated carbocycles. The SMILES string of the molecule is COc1ccc(-c2cc(C(=O)Nc3cccc(C#N)c3)nn2[C@H]2CCS(=O)(=O)C2)cc1. The van der Waals surface area contributed by atoms with Crippen LogP contribution in [0.3, 0.4) is 0 Å². The van der Waals surface area contributed by atoms with Crippen molar-refractivity contribution in [3.63, 3.8) is 0 Å². The highest BCUT2D eigenvalue weighted by molar-refractivity contribution is 7.91. The first-order chi connectivity index (χ1) is 14.9. The van der Waals surface area contributed by atoms with Gasteiger partial charge in [0.25, 0.3) is 5.91 Å². The van der Waals surface area contributed by atoms with E-state index in [4.69, 9.17) is 10.00 Å². The van der Waals surface area contributed by atoms with E-state index in [-0.39, 0.29) is 23.2 Å². The third-order valence-electron chi connectivity index (χ3n) is 5.16. The Balaban J connectivity index is 1.70. The van der Waals surface area contributed by atoms with Gasteiger partial charge in [-0.1, -0.05) is 6.07 Å². The molecule has 1 atom stereocenters. The fourth-order valence-electron chi connectivity index (χ4n) is 3.59. The molecule has 1 aromatic heterocycles. The Kier molecular flexibility index (Phi) is 5.48. The summed E-state index contributed by atoms with van der Waals surface area (Å²) in [6, 6.07) is 17.2. The van der Waals surface area contributed by atoms with E-state index in [0.29, 0.717) is 29.1 Å². The van der Waals surface area contributed by atoms with Gasteiger partial charge in [0, 0.05) is 11.3 Å². The predicted octanol–water partition coefficient (Wildman–Crippen LogP) is 3.04. The van der Waals surface area contributed by atoms with Gasteiger partial charge in [-0.25, -0.2) is 8.42 Å². The van der Waals surface area contributed by atoms with Crippen molar-refractivity contribution in [2.24, 2.45) is 0 Å². The first-order valence-electron chi connectivity index (χ1n) is 9.64. The summed E-state index contributed by atoms with van der Waals surface area (Å²) < 4.78 is 30.9. The molecule has 2 aromatic carbocycles. The molecule has 0 aliphatic carbocycles. The molecule has 1 saturated heterocycles. The van der Waals surface area contributed by atoms with Crippen molar-refractivity contribution in [3.05, 3.63) is 65.9 Å². The van der Waals surface area contributed by atoms with Crippen molar-refractivity contribution in [1.82, 2.24) is 9.78 Å². The summed E-state index contributed by atoms with van der Waals surface area (Å²) in [6.45, 7) is 0. The van der Waals surface area contributed by atoms with Crippen LogP contribution in [-0.2, 0) is 9.84 Å². The molecule has 0 spiro atoms. The van der Waals surface area contributed by atoms with E-state index in [0.717, 1.165) is 5.56 Å². The summed E-state index contributed by atoms with van der Waals surface area (Å²) in [5.74, 6) is 0.337. The fourth-order valence-corrected chi connectivity index (χ4v) is 5.28. The molecule has 3 aromatic rings. The van der Waals surface area contributed by atoms with Crippen molar-refractivity contribution in [2.75, 3.05) is 23.9 Å². The molecule has 1 aliphatic rings. The molecule has 1 fully saturated rings. The van der Waals surface area contributed by atoms with Crippen molar-refractivity contribution in [1.29, 1.82) is 5.26 Å². The van der Waals surface area contributed by atoms with Crippen LogP contribution in [0.4, 0.5) is 5.69 Å². The molecule has 0 bridgehead atoms. The van der Waals surface area contributed by atoms with Gasteiger partial charge in [0.05, 0.1) is 42.0 Å². The lowest BCUT2D eigenvalue weighted by molar-refractivity contribution is 0.102. The second-order valence-electron chi connectivity index (χ2n) is 7.29. The van der Waals surface area contributed by atoms with Gasteiger partial charge in [0.15, 0.2) is 15.5 Å². The Bertz CT molecular complexity index is 1270. The first-order valence-corrected chi connectivity index (χ1v) is 11.5. The molecular formula is C22H20N4O4S. The number of hydrogen-bond acceptors (Lipinski definition) is 6. The van der Waals surface area contributed by atoms with Gasteiger partial charge in [-0.15, -0.1) is 0 Å². The van der Waals surface area contributed by atoms with E-state index >= 15 is 0 Å². The number of nitriles is 1. The third-order valence-corrected chi connectivity index (χ3v) is 6.91. The monoisotopic (exact) mass is 436 g/mol. The van der Waals surface area contributed by atoms with Gasteiger partial charge in [-0.05, 0) is 55.0 Å². The Hall–Kier alpha value is -3.64. The van der Waals surface area contributed by atoms with Crippen LogP contribution < -0.4 is 10.1 Å². The average molecular weight is 436 g/mol. The summed E-state index contributed by atoms with van der Waals surface area (Å²) in [4.78, 5) is 12.8. The minimum absolute atomic E-state index is 0.0108. The molecule has 4 rings (SSSR count). The highest BCUT2D eigenvalue weighted by Gasteiger charge is 2.32. The number of aromatic nitrogens is 2. The second kappa shape index (κ2) is 8.24. The number of carbonyl (C=O) groups is 1. The minimum Gasteiger partial charge on any atom is -0.497 e. The number of amides is 1. The maximum absolute atomic E-state index is 12.8. The molecule has 9 heteroatoms. The van der Waals surface area contributed by atoms with Crippen LogP contribution in [0.25, 0.3) is 11.3 Å². The number of ether oxygens (including phenoxy) is 1. The Morgan fingerprint density at radius 1 is 1.23 bits per heavy atom. The zero-order valence-corrected chi connectivity index (χ0v) is 17.6. The maximum Gasteiger partial charge on any atom is 0.276 e. The van der Waals surface area contributed by atoms with Crippen LogP contribution in [0.15, 0.2) is 54.6 Å². The molecule has 2 heterocycles. The lowest BCUT2D eigenvalue weighted by atomic mass is 10.1. The normalized spacial score (nSPS) is 17.1. The van der Waals surface area contributed by atoms with Crippen molar-refractivity contribution in [2.45, 2.75) is 12.5 Å². The summed E-state index contributed by atoms with van der Waals surface area (Å²) in [5, 5.41) is 16.2. The Labute approximate surface area is 180 Å². The van der Waals surface area contributed by atoms with Crippen LogP contribution >= 0.6 is 0 Å². The number of rotatable bonds is 5. The van der Waals surface area contributed by atoms with Gasteiger partial charge in [-0.2, -0.15) is 10.4 Å². The van der Waals surface area contributed by atoms with E-state index in [9.17, 15) is 13.2 Å². The summed E-state index contributed by atoms with van der Waals surface area (Å²) >= 11 is 0. The second-order valence-corrected chi connectivity index (χ2v) is 9.52. The number of nitrogens with zero attached hydrogens (tertiary/aromatic N) is 3. The number of nitrogens with one attached hydrogen (secondary N) is 1. The molecule has 1 amide bonds. The van der Waals surface area contributed by atoms with Crippen molar-refractivity contribution >= 4 is 21.4 Å². The predicted molar refractivity (Wildman–Crippen MR) is 116 cm³/mol. The minimum atomic E-state index is -3.13. The number of anilines is 1. The van der Waals surface area contributed by atoms with Crippen molar-refractivity contribution < 1.29 is 17.9 Å². The topological polar surface area (TPSA) is 114 Å². The molecule has 0 radical (unpaired) electrons. The van der Waals surface area contributed by atoms with Crippen LogP contribution in [0, 0.1) is 11.3 Å². The van der Waals surface area contributed by atoms with E-state index in [1.165, 1.54) is 0 Å². The lowest BCUT2D eigenvalue weighted by Gasteiger charge is -2.13. The van der Waals surface area contributed by atoms with E-state index in [2.05, 4.69) is 10.4 Å². The quantitative estimate of drug-likeness (QED) is 0.658. The van der Waals surface area contributed by atoms with Gasteiger partial charge in [0.1, 0.15) is 5.75 Å². The number of sulfone groups is 1. The average Bonchev–Trinajstić information content (AvgIpc) is 3.37. The van der Waals surface area contributed by atoms with Crippen LogP contribution in [0.5, 0.6) is 5.75 Å². The molecule has 1 N–H and O–H groups in total. The zero-order valence-electron chi connectivity index (χ0n) is 16.8. The van der Waals surface area contributed by atoms with E-state index < -0.39 is 15.7 Å². The highest BCUT2D eigenvalue weighted by atomic mass is 32.2. The molecular weight excluding hydrogens is 416 g/mol. The summed E-state index contributed by atoms with van der Waals surface area (Å²) in [5.41, 5.74) is 2.52. The lowest BCUT2D eigenvalue weighted by Crippen LogP contribution is -2.16. The number of methoxy groups -OCH3 is 1. The number of carbonyl (C=O) groups excluding carboxylic acids is 1. The molecule has 1 aliphatic heterocycles. The fraction of sp³-hybridized carbons (Fsp3) is 0.227. The molecule has 8 nitrogen and oxygen atoms in total. The van der Waals surface area contributed by atoms with E-state index in [1.54, 1.807) is 54.3 Å². The van der Waals surface area contributed by atoms with Gasteiger partial charge in [0.2, 0.25) is 0 Å². The van der Waals surface area contributed by atoms with Gasteiger partial charge >= 0.3 is 0 Å². The van der Waals surface area contributed by atoms with Crippen LogP contribution in [0.1, 0.15) is 28.5 Å². The van der Waals surface area contributed by atoms with E-state index in [1.807, 2.05) is 18.2 Å². The zero-order chi connectivity index (χ0) is 22.0. The standard InChI is InChI=1S/C22H20N4O4S/c1-30-19-7-5-16(6-8-19)21-12-20(25-26(21)18-9-10-31(28,29)14-18)22(27)24-17-4-2-3-15(11-17)13-23/h2-8,11-12,18H,9-10,14H2,1H3,(H,24,27)/t18-/m0/s1. The van der Waals surface area contributed by atoms with Gasteiger partial charge in [-0.3, -0.25) is 9.48 Å². The largest absolute Gasteiger partial charge is 0.497 e. The van der Waals surface area contributed by atoms with Crippen LogP contribution in [0.2, 0.25) is 0 Å². The smallest absolute Gasteiger partial charge is 0.276 e. The third kappa shape index (κ3) is 4.44. The molecule has 158 valence electrons.